The van der Waals surface area contributed by atoms with Crippen LogP contribution in [0.15, 0.2) is 34.9 Å². The molecule has 0 fully saturated rings. The van der Waals surface area contributed by atoms with E-state index in [4.69, 9.17) is 0 Å². The predicted molar refractivity (Wildman–Crippen MR) is 84.7 cm³/mol. The Balaban J connectivity index is 2.50. The first-order chi connectivity index (χ1) is 10.1. The summed E-state index contributed by atoms with van der Waals surface area (Å²) in [6.45, 7) is 3.83. The molecule has 6 nitrogen and oxygen atoms in total. The van der Waals surface area contributed by atoms with E-state index in [1.54, 1.807) is 15.8 Å². The van der Waals surface area contributed by atoms with Crippen molar-refractivity contribution in [3.8, 4) is 5.69 Å². The Morgan fingerprint density at radius 2 is 2.29 bits per heavy atom. The molecule has 110 valence electrons. The van der Waals surface area contributed by atoms with Gasteiger partial charge in [0.2, 0.25) is 12.3 Å². The number of carbonyl (C=O) groups excluding carboxylic acids is 2. The molecule has 1 aromatic heterocycles. The molecule has 0 spiro atoms. The number of amides is 2. The molecule has 7 heteroatoms. The minimum absolute atomic E-state index is 0.111. The molecule has 0 aliphatic heterocycles. The summed E-state index contributed by atoms with van der Waals surface area (Å²) in [5, 5.41) is 6.85. The lowest BCUT2D eigenvalue weighted by Crippen LogP contribution is -2.28. The molecule has 21 heavy (non-hydrogen) atoms. The number of carbonyl (C=O) groups is 2. The van der Waals surface area contributed by atoms with E-state index in [0.29, 0.717) is 24.5 Å². The Hall–Kier alpha value is -2.15. The van der Waals surface area contributed by atoms with Crippen LogP contribution in [-0.4, -0.2) is 28.6 Å². The third-order valence-corrected chi connectivity index (χ3v) is 3.44. The molecule has 2 aromatic rings. The standard InChI is InChI=1S/C14H15BrN4O2/c1-3-18(10(2)21)13-8-19(17-14(13)16-9-20)12-6-4-5-11(15)7-12/h4-9H,3H2,1-2H3,(H,16,17,20). The Morgan fingerprint density at radius 1 is 1.52 bits per heavy atom. The van der Waals surface area contributed by atoms with Crippen molar-refractivity contribution in [1.82, 2.24) is 9.78 Å². The van der Waals surface area contributed by atoms with Gasteiger partial charge < -0.3 is 10.2 Å². The van der Waals surface area contributed by atoms with Gasteiger partial charge in [0.1, 0.15) is 5.69 Å². The molecular formula is C14H15BrN4O2. The lowest BCUT2D eigenvalue weighted by atomic mass is 10.3. The monoisotopic (exact) mass is 350 g/mol. The summed E-state index contributed by atoms with van der Waals surface area (Å²) in [5.74, 6) is 0.238. The number of aromatic nitrogens is 2. The van der Waals surface area contributed by atoms with Gasteiger partial charge in [-0.05, 0) is 25.1 Å². The Labute approximate surface area is 130 Å². The maximum absolute atomic E-state index is 11.7. The van der Waals surface area contributed by atoms with Crippen LogP contribution < -0.4 is 10.2 Å². The SMILES string of the molecule is CCN(C(C)=O)c1cn(-c2cccc(Br)c2)nc1NC=O. The van der Waals surface area contributed by atoms with Crippen molar-refractivity contribution < 1.29 is 9.59 Å². The third kappa shape index (κ3) is 3.30. The van der Waals surface area contributed by atoms with Crippen molar-refractivity contribution in [3.63, 3.8) is 0 Å². The second-order valence-corrected chi connectivity index (χ2v) is 5.23. The third-order valence-electron chi connectivity index (χ3n) is 2.95. The van der Waals surface area contributed by atoms with Gasteiger partial charge >= 0.3 is 0 Å². The number of anilines is 2. The average molecular weight is 351 g/mol. The van der Waals surface area contributed by atoms with Crippen molar-refractivity contribution in [2.24, 2.45) is 0 Å². The lowest BCUT2D eigenvalue weighted by molar-refractivity contribution is -0.116. The van der Waals surface area contributed by atoms with E-state index in [9.17, 15) is 9.59 Å². The van der Waals surface area contributed by atoms with E-state index < -0.39 is 0 Å². The fourth-order valence-corrected chi connectivity index (χ4v) is 2.42. The predicted octanol–water partition coefficient (Wildman–Crippen LogP) is 2.58. The highest BCUT2D eigenvalue weighted by Gasteiger charge is 2.18. The highest BCUT2D eigenvalue weighted by atomic mass is 79.9. The summed E-state index contributed by atoms with van der Waals surface area (Å²) in [6.07, 6.45) is 2.27. The molecule has 2 amide bonds. The minimum Gasteiger partial charge on any atom is -0.310 e. The van der Waals surface area contributed by atoms with Crippen LogP contribution in [-0.2, 0) is 9.59 Å². The number of benzene rings is 1. The number of hydrogen-bond donors (Lipinski definition) is 1. The molecule has 2 rings (SSSR count). The maximum Gasteiger partial charge on any atom is 0.223 e. The molecule has 0 bridgehead atoms. The van der Waals surface area contributed by atoms with Gasteiger partial charge in [-0.3, -0.25) is 9.59 Å². The van der Waals surface area contributed by atoms with E-state index in [1.165, 1.54) is 6.92 Å². The number of hydrogen-bond acceptors (Lipinski definition) is 3. The van der Waals surface area contributed by atoms with Gasteiger partial charge in [-0.1, -0.05) is 22.0 Å². The van der Waals surface area contributed by atoms with Gasteiger partial charge in [-0.2, -0.15) is 0 Å². The first-order valence-electron chi connectivity index (χ1n) is 6.40. The molecule has 1 heterocycles. The van der Waals surface area contributed by atoms with Crippen molar-refractivity contribution in [2.75, 3.05) is 16.8 Å². The molecular weight excluding hydrogens is 336 g/mol. The highest BCUT2D eigenvalue weighted by molar-refractivity contribution is 9.10. The Bertz CT molecular complexity index is 669. The number of halogens is 1. The zero-order valence-corrected chi connectivity index (χ0v) is 13.3. The van der Waals surface area contributed by atoms with Crippen molar-refractivity contribution >= 4 is 39.8 Å². The van der Waals surface area contributed by atoms with E-state index in [-0.39, 0.29) is 5.91 Å². The van der Waals surface area contributed by atoms with Gasteiger partial charge in [0, 0.05) is 17.9 Å². The van der Waals surface area contributed by atoms with E-state index >= 15 is 0 Å². The largest absolute Gasteiger partial charge is 0.310 e. The zero-order chi connectivity index (χ0) is 15.4. The highest BCUT2D eigenvalue weighted by Crippen LogP contribution is 2.26. The topological polar surface area (TPSA) is 67.2 Å². The summed E-state index contributed by atoms with van der Waals surface area (Å²) in [6, 6.07) is 7.57. The van der Waals surface area contributed by atoms with Gasteiger partial charge in [-0.15, -0.1) is 5.10 Å². The van der Waals surface area contributed by atoms with E-state index in [1.807, 2.05) is 31.2 Å². The maximum atomic E-state index is 11.7. The molecule has 0 aliphatic carbocycles. The zero-order valence-electron chi connectivity index (χ0n) is 11.7. The molecule has 0 unspecified atom stereocenters. The second-order valence-electron chi connectivity index (χ2n) is 4.31. The summed E-state index contributed by atoms with van der Waals surface area (Å²) in [4.78, 5) is 24.0. The molecule has 0 saturated heterocycles. The summed E-state index contributed by atoms with van der Waals surface area (Å²) >= 11 is 3.40. The fraction of sp³-hybridized carbons (Fsp3) is 0.214. The quantitative estimate of drug-likeness (QED) is 0.842. The van der Waals surface area contributed by atoms with Crippen LogP contribution in [0.3, 0.4) is 0 Å². The first-order valence-corrected chi connectivity index (χ1v) is 7.20. The van der Waals surface area contributed by atoms with Gasteiger partial charge in [0.05, 0.1) is 11.9 Å². The Morgan fingerprint density at radius 3 is 2.86 bits per heavy atom. The molecule has 0 aliphatic rings. The fourth-order valence-electron chi connectivity index (χ4n) is 2.03. The van der Waals surface area contributed by atoms with Gasteiger partial charge in [-0.25, -0.2) is 4.68 Å². The molecule has 0 atom stereocenters. The van der Waals surface area contributed by atoms with Crippen LogP contribution in [0.4, 0.5) is 11.5 Å². The number of rotatable bonds is 5. The Kier molecular flexibility index (Phi) is 4.74. The first kappa shape index (κ1) is 15.2. The van der Waals surface area contributed by atoms with Crippen molar-refractivity contribution in [2.45, 2.75) is 13.8 Å². The number of nitrogens with zero attached hydrogens (tertiary/aromatic N) is 3. The van der Waals surface area contributed by atoms with Crippen LogP contribution >= 0.6 is 15.9 Å². The molecule has 0 radical (unpaired) electrons. The lowest BCUT2D eigenvalue weighted by Gasteiger charge is -2.17. The molecule has 1 aromatic carbocycles. The normalized spacial score (nSPS) is 10.2. The summed E-state index contributed by atoms with van der Waals surface area (Å²) in [7, 11) is 0. The van der Waals surface area contributed by atoms with Crippen LogP contribution in [0, 0.1) is 0 Å². The van der Waals surface area contributed by atoms with Crippen LogP contribution in [0.25, 0.3) is 5.69 Å². The molecule has 1 N–H and O–H groups in total. The van der Waals surface area contributed by atoms with Crippen LogP contribution in [0.1, 0.15) is 13.8 Å². The number of nitrogens with one attached hydrogen (secondary N) is 1. The van der Waals surface area contributed by atoms with Gasteiger partial charge in [0.25, 0.3) is 0 Å². The van der Waals surface area contributed by atoms with Gasteiger partial charge in [0.15, 0.2) is 5.82 Å². The van der Waals surface area contributed by atoms with Crippen molar-refractivity contribution in [1.29, 1.82) is 0 Å². The van der Waals surface area contributed by atoms with Crippen LogP contribution in [0.2, 0.25) is 0 Å². The summed E-state index contributed by atoms with van der Waals surface area (Å²) in [5.41, 5.74) is 1.39. The molecule has 0 saturated carbocycles. The average Bonchev–Trinajstić information content (AvgIpc) is 2.84. The van der Waals surface area contributed by atoms with Crippen LogP contribution in [0.5, 0.6) is 0 Å². The van der Waals surface area contributed by atoms with E-state index in [0.717, 1.165) is 10.2 Å². The summed E-state index contributed by atoms with van der Waals surface area (Å²) < 4.78 is 2.54. The van der Waals surface area contributed by atoms with Crippen molar-refractivity contribution in [3.05, 3.63) is 34.9 Å². The smallest absolute Gasteiger partial charge is 0.223 e. The second kappa shape index (κ2) is 6.53. The minimum atomic E-state index is -0.111. The van der Waals surface area contributed by atoms with E-state index in [2.05, 4.69) is 26.3 Å².